The molecule has 1 saturated carbocycles. The van der Waals surface area contributed by atoms with Crippen LogP contribution in [0.25, 0.3) is 0 Å². The van der Waals surface area contributed by atoms with Gasteiger partial charge in [0.2, 0.25) is 10.0 Å². The number of nitrogens with one attached hydrogen (secondary N) is 1. The summed E-state index contributed by atoms with van der Waals surface area (Å²) in [5.74, 6) is 1.33. The van der Waals surface area contributed by atoms with Gasteiger partial charge in [-0.25, -0.2) is 17.9 Å². The average molecular weight is 467 g/mol. The third-order valence-corrected chi connectivity index (χ3v) is 7.49. The van der Waals surface area contributed by atoms with E-state index in [1.165, 1.54) is 5.56 Å². The molecule has 4 aliphatic rings. The van der Waals surface area contributed by atoms with Crippen molar-refractivity contribution < 1.29 is 27.4 Å². The van der Waals surface area contributed by atoms with Crippen LogP contribution in [0.3, 0.4) is 0 Å². The van der Waals surface area contributed by atoms with E-state index in [2.05, 4.69) is 16.9 Å². The fourth-order valence-corrected chi connectivity index (χ4v) is 6.01. The SMILES string of the molecule is CC1CC(NS(C)(=O)=O)C2COC3CCC(CC3)c3cccc(c3)OCCCOC(=O)N12. The van der Waals surface area contributed by atoms with E-state index in [9.17, 15) is 13.2 Å². The highest BCUT2D eigenvalue weighted by Gasteiger charge is 2.44. The van der Waals surface area contributed by atoms with Crippen LogP contribution in [0.15, 0.2) is 24.3 Å². The summed E-state index contributed by atoms with van der Waals surface area (Å²) in [6.45, 7) is 2.91. The van der Waals surface area contributed by atoms with Gasteiger partial charge in [-0.05, 0) is 62.6 Å². The lowest BCUT2D eigenvalue weighted by atomic mass is 9.82. The molecule has 8 nitrogen and oxygen atoms in total. The normalized spacial score (nSPS) is 32.0. The molecule has 2 fully saturated rings. The van der Waals surface area contributed by atoms with Crippen LogP contribution in [0, 0.1) is 0 Å². The van der Waals surface area contributed by atoms with Crippen LogP contribution in [-0.4, -0.2) is 69.7 Å². The summed E-state index contributed by atoms with van der Waals surface area (Å²) in [6.07, 6.45) is 5.87. The number of sulfonamides is 1. The second-order valence-corrected chi connectivity index (χ2v) is 11.0. The first-order valence-electron chi connectivity index (χ1n) is 11.6. The van der Waals surface area contributed by atoms with Gasteiger partial charge in [0.25, 0.3) is 0 Å². The smallest absolute Gasteiger partial charge is 0.410 e. The van der Waals surface area contributed by atoms with Gasteiger partial charge in [0, 0.05) is 18.5 Å². The van der Waals surface area contributed by atoms with Crippen LogP contribution < -0.4 is 9.46 Å². The molecule has 1 aromatic rings. The summed E-state index contributed by atoms with van der Waals surface area (Å²) in [7, 11) is -3.41. The van der Waals surface area contributed by atoms with Gasteiger partial charge in [-0.3, -0.25) is 4.90 Å². The van der Waals surface area contributed by atoms with E-state index in [1.54, 1.807) is 4.90 Å². The number of carbonyl (C=O) groups is 1. The Bertz CT molecular complexity index is 900. The van der Waals surface area contributed by atoms with Crippen LogP contribution in [-0.2, 0) is 19.5 Å². The molecule has 3 aliphatic heterocycles. The van der Waals surface area contributed by atoms with Crippen LogP contribution in [0.5, 0.6) is 5.75 Å². The zero-order valence-electron chi connectivity index (χ0n) is 18.9. The van der Waals surface area contributed by atoms with Crippen molar-refractivity contribution >= 4 is 16.1 Å². The lowest BCUT2D eigenvalue weighted by Gasteiger charge is -2.33. The summed E-state index contributed by atoms with van der Waals surface area (Å²) >= 11 is 0. The minimum Gasteiger partial charge on any atom is -0.493 e. The zero-order chi connectivity index (χ0) is 22.7. The van der Waals surface area contributed by atoms with Gasteiger partial charge < -0.3 is 14.2 Å². The second-order valence-electron chi connectivity index (χ2n) is 9.25. The standard InChI is InChI=1S/C23H34N2O6S/c1-16-13-21(24-32(2,27)28)22-15-31-19-9-7-17(8-10-19)18-5-3-6-20(14-18)29-11-4-12-30-23(26)25(16)22/h3,5-6,14,16-17,19,21-22,24H,4,7-13,15H2,1-2H3. The van der Waals surface area contributed by atoms with E-state index in [1.807, 2.05) is 19.1 Å². The highest BCUT2D eigenvalue weighted by atomic mass is 32.2. The van der Waals surface area contributed by atoms with Crippen LogP contribution in [0.4, 0.5) is 4.79 Å². The van der Waals surface area contributed by atoms with Gasteiger partial charge >= 0.3 is 6.09 Å². The second kappa shape index (κ2) is 9.97. The first-order valence-corrected chi connectivity index (χ1v) is 13.5. The number of carbonyl (C=O) groups excluding carboxylic acids is 1. The van der Waals surface area contributed by atoms with Gasteiger partial charge in [0.05, 0.1) is 38.2 Å². The molecule has 4 bridgehead atoms. The molecule has 3 atom stereocenters. The van der Waals surface area contributed by atoms with E-state index < -0.39 is 28.2 Å². The maximum absolute atomic E-state index is 12.9. The minimum atomic E-state index is -3.41. The van der Waals surface area contributed by atoms with Gasteiger partial charge in [0.15, 0.2) is 0 Å². The van der Waals surface area contributed by atoms with Crippen molar-refractivity contribution in [3.05, 3.63) is 29.8 Å². The lowest BCUT2D eigenvalue weighted by Crippen LogP contribution is -2.50. The number of amides is 1. The molecular formula is C23H34N2O6S. The Morgan fingerprint density at radius 3 is 2.59 bits per heavy atom. The molecule has 1 aromatic carbocycles. The molecule has 1 aliphatic carbocycles. The Labute approximate surface area is 190 Å². The van der Waals surface area contributed by atoms with Crippen molar-refractivity contribution in [2.45, 2.75) is 75.6 Å². The molecule has 0 radical (unpaired) electrons. The third kappa shape index (κ3) is 5.74. The molecule has 1 amide bonds. The first kappa shape index (κ1) is 23.3. The Morgan fingerprint density at radius 1 is 1.09 bits per heavy atom. The molecule has 0 aromatic heterocycles. The summed E-state index contributed by atoms with van der Waals surface area (Å²) in [5, 5.41) is 0. The predicted molar refractivity (Wildman–Crippen MR) is 120 cm³/mol. The van der Waals surface area contributed by atoms with Gasteiger partial charge in [-0.15, -0.1) is 0 Å². The quantitative estimate of drug-likeness (QED) is 0.720. The predicted octanol–water partition coefficient (Wildman–Crippen LogP) is 3.03. The molecule has 32 heavy (non-hydrogen) atoms. The molecule has 9 heteroatoms. The minimum absolute atomic E-state index is 0.106. The van der Waals surface area contributed by atoms with Crippen LogP contribution in [0.1, 0.15) is 56.9 Å². The van der Waals surface area contributed by atoms with E-state index in [0.717, 1.165) is 37.7 Å². The number of rotatable bonds is 2. The topological polar surface area (TPSA) is 94.2 Å². The maximum atomic E-state index is 12.9. The van der Waals surface area contributed by atoms with Crippen molar-refractivity contribution in [3.63, 3.8) is 0 Å². The van der Waals surface area contributed by atoms with Crippen LogP contribution in [0.2, 0.25) is 0 Å². The largest absolute Gasteiger partial charge is 0.493 e. The third-order valence-electron chi connectivity index (χ3n) is 6.76. The number of ether oxygens (including phenoxy) is 3. The van der Waals surface area contributed by atoms with Crippen molar-refractivity contribution in [2.75, 3.05) is 26.1 Å². The van der Waals surface area contributed by atoms with Crippen molar-refractivity contribution in [2.24, 2.45) is 0 Å². The number of hydrogen-bond donors (Lipinski definition) is 1. The van der Waals surface area contributed by atoms with Crippen molar-refractivity contribution in [1.82, 2.24) is 9.62 Å². The lowest BCUT2D eigenvalue weighted by molar-refractivity contribution is -0.0106. The van der Waals surface area contributed by atoms with E-state index in [-0.39, 0.29) is 18.8 Å². The Morgan fingerprint density at radius 2 is 1.84 bits per heavy atom. The Balaban J connectivity index is 1.51. The number of fused-ring (bicyclic) bond motifs is 8. The molecule has 0 spiro atoms. The summed E-state index contributed by atoms with van der Waals surface area (Å²) in [5.41, 5.74) is 1.30. The number of benzene rings is 1. The zero-order valence-corrected chi connectivity index (χ0v) is 19.7. The molecule has 5 rings (SSSR count). The fraction of sp³-hybridized carbons (Fsp3) is 0.696. The summed E-state index contributed by atoms with van der Waals surface area (Å²) < 4.78 is 44.2. The molecule has 3 heterocycles. The summed E-state index contributed by atoms with van der Waals surface area (Å²) in [4.78, 5) is 14.5. The van der Waals surface area contributed by atoms with Gasteiger partial charge in [-0.2, -0.15) is 0 Å². The monoisotopic (exact) mass is 466 g/mol. The maximum Gasteiger partial charge on any atom is 0.410 e. The van der Waals surface area contributed by atoms with Crippen molar-refractivity contribution in [1.29, 1.82) is 0 Å². The van der Waals surface area contributed by atoms with E-state index in [4.69, 9.17) is 14.2 Å². The average Bonchev–Trinajstić information content (AvgIpc) is 3.05. The van der Waals surface area contributed by atoms with E-state index in [0.29, 0.717) is 32.0 Å². The highest BCUT2D eigenvalue weighted by Crippen LogP contribution is 2.36. The Kier molecular flexibility index (Phi) is 7.27. The van der Waals surface area contributed by atoms with Crippen LogP contribution >= 0.6 is 0 Å². The fourth-order valence-electron chi connectivity index (χ4n) is 5.21. The van der Waals surface area contributed by atoms with Gasteiger partial charge in [0.1, 0.15) is 5.75 Å². The van der Waals surface area contributed by atoms with Gasteiger partial charge in [-0.1, -0.05) is 12.1 Å². The summed E-state index contributed by atoms with van der Waals surface area (Å²) in [6, 6.07) is 7.34. The number of nitrogens with zero attached hydrogens (tertiary/aromatic N) is 1. The molecule has 1 saturated heterocycles. The van der Waals surface area contributed by atoms with Crippen molar-refractivity contribution in [3.8, 4) is 5.75 Å². The highest BCUT2D eigenvalue weighted by molar-refractivity contribution is 7.88. The molecular weight excluding hydrogens is 432 g/mol. The Hall–Kier alpha value is -1.84. The number of hydrogen-bond acceptors (Lipinski definition) is 6. The van der Waals surface area contributed by atoms with E-state index >= 15 is 0 Å². The molecule has 3 unspecified atom stereocenters. The molecule has 1 N–H and O–H groups in total. The molecule has 178 valence electrons. The first-order chi connectivity index (χ1) is 15.3.